The first kappa shape index (κ1) is 14.6. The van der Waals surface area contributed by atoms with Gasteiger partial charge in [0, 0.05) is 19.2 Å². The van der Waals surface area contributed by atoms with Gasteiger partial charge in [-0.1, -0.05) is 13.3 Å². The molecule has 1 aliphatic heterocycles. The van der Waals surface area contributed by atoms with Crippen LogP contribution in [0, 0.1) is 12.8 Å². The number of hydrogen-bond acceptors (Lipinski definition) is 4. The van der Waals surface area contributed by atoms with Gasteiger partial charge in [-0.2, -0.15) is 4.31 Å². The van der Waals surface area contributed by atoms with Crippen molar-refractivity contribution >= 4 is 10.0 Å². The molecule has 1 saturated heterocycles. The minimum absolute atomic E-state index is 0.217. The Bertz CT molecular complexity index is 536. The van der Waals surface area contributed by atoms with Gasteiger partial charge in [0.05, 0.1) is 6.54 Å². The molecule has 19 heavy (non-hydrogen) atoms. The van der Waals surface area contributed by atoms with E-state index in [2.05, 4.69) is 6.92 Å². The summed E-state index contributed by atoms with van der Waals surface area (Å²) in [5.41, 5.74) is 5.49. The van der Waals surface area contributed by atoms with Crippen LogP contribution < -0.4 is 5.73 Å². The summed E-state index contributed by atoms with van der Waals surface area (Å²) in [6.07, 6.45) is 3.14. The van der Waals surface area contributed by atoms with E-state index in [1.165, 1.54) is 0 Å². The summed E-state index contributed by atoms with van der Waals surface area (Å²) < 4.78 is 32.0. The summed E-state index contributed by atoms with van der Waals surface area (Å²) in [7, 11) is -3.43. The molecule has 5 nitrogen and oxygen atoms in total. The zero-order chi connectivity index (χ0) is 14.0. The second-order valence-electron chi connectivity index (χ2n) is 5.14. The second kappa shape index (κ2) is 5.64. The van der Waals surface area contributed by atoms with E-state index in [0.717, 1.165) is 19.3 Å². The van der Waals surface area contributed by atoms with Gasteiger partial charge in [0.25, 0.3) is 0 Å². The lowest BCUT2D eigenvalue weighted by atomic mass is 10.0. The molecule has 0 radical (unpaired) electrons. The highest BCUT2D eigenvalue weighted by atomic mass is 32.2. The monoisotopic (exact) mass is 286 g/mol. The minimum atomic E-state index is -3.43. The lowest BCUT2D eigenvalue weighted by Gasteiger charge is -2.15. The quantitative estimate of drug-likeness (QED) is 0.896. The van der Waals surface area contributed by atoms with Gasteiger partial charge in [0.1, 0.15) is 16.4 Å². The Morgan fingerprint density at radius 3 is 2.84 bits per heavy atom. The molecule has 0 aliphatic carbocycles. The van der Waals surface area contributed by atoms with E-state index in [9.17, 15) is 8.42 Å². The van der Waals surface area contributed by atoms with Gasteiger partial charge in [-0.25, -0.2) is 8.42 Å². The summed E-state index contributed by atoms with van der Waals surface area (Å²) in [5.74, 6) is 1.43. The molecule has 0 aromatic carbocycles. The van der Waals surface area contributed by atoms with Gasteiger partial charge >= 0.3 is 0 Å². The predicted octanol–water partition coefficient (Wildman–Crippen LogP) is 1.86. The van der Waals surface area contributed by atoms with Crippen LogP contribution in [0.25, 0.3) is 0 Å². The van der Waals surface area contributed by atoms with Gasteiger partial charge in [-0.15, -0.1) is 0 Å². The lowest BCUT2D eigenvalue weighted by Crippen LogP contribution is -2.29. The molecule has 0 saturated carbocycles. The maximum absolute atomic E-state index is 12.6. The summed E-state index contributed by atoms with van der Waals surface area (Å²) in [6.45, 7) is 5.25. The fourth-order valence-electron chi connectivity index (χ4n) is 2.68. The highest BCUT2D eigenvalue weighted by Crippen LogP contribution is 2.29. The summed E-state index contributed by atoms with van der Waals surface area (Å²) in [6, 6.07) is 1.55. The first-order chi connectivity index (χ1) is 8.98. The molecule has 0 amide bonds. The number of furan rings is 1. The molecule has 2 heterocycles. The van der Waals surface area contributed by atoms with E-state index in [-0.39, 0.29) is 11.4 Å². The first-order valence-corrected chi connectivity index (χ1v) is 8.22. The summed E-state index contributed by atoms with van der Waals surface area (Å²) in [5, 5.41) is 0. The van der Waals surface area contributed by atoms with Crippen LogP contribution in [0.2, 0.25) is 0 Å². The van der Waals surface area contributed by atoms with Gasteiger partial charge < -0.3 is 10.2 Å². The third-order valence-electron chi connectivity index (χ3n) is 3.69. The van der Waals surface area contributed by atoms with E-state index in [1.807, 2.05) is 0 Å². The largest absolute Gasteiger partial charge is 0.464 e. The van der Waals surface area contributed by atoms with E-state index in [1.54, 1.807) is 17.3 Å². The number of sulfonamides is 1. The molecule has 0 bridgehead atoms. The first-order valence-electron chi connectivity index (χ1n) is 6.78. The molecule has 2 rings (SSSR count). The molecule has 108 valence electrons. The van der Waals surface area contributed by atoms with Crippen molar-refractivity contribution in [3.05, 3.63) is 17.6 Å². The van der Waals surface area contributed by atoms with Crippen LogP contribution in [-0.4, -0.2) is 25.8 Å². The topological polar surface area (TPSA) is 76.5 Å². The third kappa shape index (κ3) is 2.85. The molecule has 1 fully saturated rings. The smallest absolute Gasteiger partial charge is 0.246 e. The van der Waals surface area contributed by atoms with Crippen molar-refractivity contribution in [1.29, 1.82) is 0 Å². The van der Waals surface area contributed by atoms with Gasteiger partial charge in [-0.05, 0) is 25.7 Å². The van der Waals surface area contributed by atoms with Crippen LogP contribution in [-0.2, 0) is 16.6 Å². The van der Waals surface area contributed by atoms with Crippen LogP contribution in [0.15, 0.2) is 15.4 Å². The Balaban J connectivity index is 2.21. The van der Waals surface area contributed by atoms with Crippen LogP contribution >= 0.6 is 0 Å². The number of nitrogens with zero attached hydrogens (tertiary/aromatic N) is 1. The van der Waals surface area contributed by atoms with Gasteiger partial charge in [-0.3, -0.25) is 0 Å². The predicted molar refractivity (Wildman–Crippen MR) is 73.1 cm³/mol. The molecule has 1 aromatic rings. The second-order valence-corrected chi connectivity index (χ2v) is 7.05. The van der Waals surface area contributed by atoms with Crippen LogP contribution in [0.3, 0.4) is 0 Å². The molecular weight excluding hydrogens is 264 g/mol. The molecular formula is C13H22N2O3S. The van der Waals surface area contributed by atoms with E-state index < -0.39 is 10.0 Å². The Morgan fingerprint density at radius 2 is 2.26 bits per heavy atom. The molecule has 1 aliphatic rings. The maximum atomic E-state index is 12.6. The lowest BCUT2D eigenvalue weighted by molar-refractivity contribution is 0.440. The van der Waals surface area contributed by atoms with Gasteiger partial charge in [0.2, 0.25) is 10.0 Å². The normalized spacial score (nSPS) is 21.1. The maximum Gasteiger partial charge on any atom is 0.246 e. The molecule has 1 atom stereocenters. The van der Waals surface area contributed by atoms with Crippen molar-refractivity contribution in [2.24, 2.45) is 11.7 Å². The Morgan fingerprint density at radius 1 is 1.53 bits per heavy atom. The van der Waals surface area contributed by atoms with Gasteiger partial charge in [0.15, 0.2) is 0 Å². The van der Waals surface area contributed by atoms with Crippen molar-refractivity contribution in [3.8, 4) is 0 Å². The number of nitrogens with two attached hydrogens (primary N) is 1. The fourth-order valence-corrected chi connectivity index (χ4v) is 4.40. The highest BCUT2D eigenvalue weighted by molar-refractivity contribution is 7.89. The Hall–Kier alpha value is -0.850. The third-order valence-corrected chi connectivity index (χ3v) is 5.66. The average molecular weight is 286 g/mol. The molecule has 2 N–H and O–H groups in total. The van der Waals surface area contributed by atoms with Crippen molar-refractivity contribution in [3.63, 3.8) is 0 Å². The van der Waals surface area contributed by atoms with E-state index >= 15 is 0 Å². The summed E-state index contributed by atoms with van der Waals surface area (Å²) >= 11 is 0. The van der Waals surface area contributed by atoms with E-state index in [4.69, 9.17) is 10.2 Å². The fraction of sp³-hybridized carbons (Fsp3) is 0.692. The van der Waals surface area contributed by atoms with Crippen molar-refractivity contribution in [2.75, 3.05) is 13.1 Å². The molecule has 6 heteroatoms. The van der Waals surface area contributed by atoms with Crippen molar-refractivity contribution in [2.45, 2.75) is 44.6 Å². The summed E-state index contributed by atoms with van der Waals surface area (Å²) in [4.78, 5) is 0.269. The SMILES string of the molecule is CCCC1CCN(S(=O)(=O)c2cc(CN)oc2C)C1. The van der Waals surface area contributed by atoms with Crippen LogP contribution in [0.4, 0.5) is 0 Å². The highest BCUT2D eigenvalue weighted by Gasteiger charge is 2.34. The molecule has 0 spiro atoms. The number of hydrogen-bond donors (Lipinski definition) is 1. The standard InChI is InChI=1S/C13H22N2O3S/c1-3-4-11-5-6-15(9-11)19(16,17)13-7-12(8-14)18-10(13)2/h7,11H,3-6,8-9,14H2,1-2H3. The van der Waals surface area contributed by atoms with Crippen molar-refractivity contribution < 1.29 is 12.8 Å². The number of rotatable bonds is 5. The molecule has 1 aromatic heterocycles. The number of aryl methyl sites for hydroxylation is 1. The van der Waals surface area contributed by atoms with Crippen molar-refractivity contribution in [1.82, 2.24) is 4.31 Å². The van der Waals surface area contributed by atoms with Crippen LogP contribution in [0.5, 0.6) is 0 Å². The Kier molecular flexibility index (Phi) is 4.32. The van der Waals surface area contributed by atoms with E-state index in [0.29, 0.717) is 30.5 Å². The average Bonchev–Trinajstić information content (AvgIpc) is 2.96. The zero-order valence-electron chi connectivity index (χ0n) is 11.6. The molecule has 1 unspecified atom stereocenters. The Labute approximate surface area is 114 Å². The van der Waals surface area contributed by atoms with Crippen LogP contribution in [0.1, 0.15) is 37.7 Å². The minimum Gasteiger partial charge on any atom is -0.464 e. The zero-order valence-corrected chi connectivity index (χ0v) is 12.4.